The summed E-state index contributed by atoms with van der Waals surface area (Å²) in [6.07, 6.45) is 47.2. The Hall–Kier alpha value is -2.03. The second-order valence-corrected chi connectivity index (χ2v) is 16.3. The number of carbonyl (C=O) groups is 2. The Morgan fingerprint density at radius 3 is 1.52 bits per heavy atom. The van der Waals surface area contributed by atoms with Crippen LogP contribution in [0.15, 0.2) is 48.6 Å². The molecule has 0 saturated heterocycles. The van der Waals surface area contributed by atoms with E-state index in [2.05, 4.69) is 67.8 Å². The van der Waals surface area contributed by atoms with E-state index in [0.29, 0.717) is 19.4 Å². The maximum atomic E-state index is 12.6. The minimum absolute atomic E-state index is 0.0214. The fourth-order valence-corrected chi connectivity index (χ4v) is 6.82. The van der Waals surface area contributed by atoms with Crippen LogP contribution < -0.4 is 5.32 Å². The Morgan fingerprint density at radius 1 is 0.571 bits per heavy atom. The van der Waals surface area contributed by atoms with Crippen molar-refractivity contribution in [3.8, 4) is 0 Å². The molecule has 2 N–H and O–H groups in total. The largest absolute Gasteiger partial charge is 0.472 e. The monoisotopic (exact) mass is 810 g/mol. The molecule has 0 heterocycles. The predicted octanol–water partition coefficient (Wildman–Crippen LogP) is 13.0. The molecular formula is C46H84NO8P. The summed E-state index contributed by atoms with van der Waals surface area (Å²) in [7, 11) is -2.66. The molecular weight excluding hydrogens is 725 g/mol. The molecule has 0 amide bonds. The fourth-order valence-electron chi connectivity index (χ4n) is 6.07. The smallest absolute Gasteiger partial charge is 0.462 e. The van der Waals surface area contributed by atoms with E-state index in [0.717, 1.165) is 64.2 Å². The normalized spacial score (nSPS) is 13.7. The van der Waals surface area contributed by atoms with E-state index in [1.54, 1.807) is 7.05 Å². The van der Waals surface area contributed by atoms with Crippen LogP contribution in [0.1, 0.15) is 194 Å². The summed E-state index contributed by atoms with van der Waals surface area (Å²) in [6, 6.07) is 0. The van der Waals surface area contributed by atoms with E-state index in [-0.39, 0.29) is 26.1 Å². The van der Waals surface area contributed by atoms with Gasteiger partial charge < -0.3 is 19.7 Å². The summed E-state index contributed by atoms with van der Waals surface area (Å²) in [5, 5.41) is 2.82. The number of allylic oxidation sites excluding steroid dienone is 8. The van der Waals surface area contributed by atoms with Gasteiger partial charge in [-0.25, -0.2) is 4.57 Å². The lowest BCUT2D eigenvalue weighted by molar-refractivity contribution is -0.161. The highest BCUT2D eigenvalue weighted by molar-refractivity contribution is 7.47. The molecule has 0 radical (unpaired) electrons. The highest BCUT2D eigenvalue weighted by Gasteiger charge is 2.26. The molecule has 0 spiro atoms. The fraction of sp³-hybridized carbons (Fsp3) is 0.783. The molecule has 56 heavy (non-hydrogen) atoms. The van der Waals surface area contributed by atoms with Crippen LogP contribution in [-0.2, 0) is 32.7 Å². The Bertz CT molecular complexity index is 1060. The molecule has 2 atom stereocenters. The van der Waals surface area contributed by atoms with E-state index in [1.165, 1.54) is 89.9 Å². The molecule has 0 aliphatic rings. The SMILES string of the molecule is CC/C=C\C/C=C\C/C=C\C/C=C\CCCCCCC(=O)OCC(COP(=O)(O)OCCNC)OC(=O)CCCCCCCCCCCCCCCCCCC. The van der Waals surface area contributed by atoms with E-state index < -0.39 is 32.5 Å². The standard InChI is InChI=1S/C46H84NO8P/c1-4-6-8-10-12-14-16-18-20-22-24-26-28-30-32-34-36-38-45(48)52-42-44(43-54-56(50,51)53-41-40-47-3)55-46(49)39-37-35-33-31-29-27-25-23-21-19-17-15-13-11-9-7-5-2/h6,8,12,14,18,20,24,26,44,47H,4-5,7,9-11,13,15-17,19,21-23,25,27-43H2,1-3H3,(H,50,51)/b8-6-,14-12-,20-18-,26-24-. The summed E-state index contributed by atoms with van der Waals surface area (Å²) in [5.41, 5.74) is 0. The van der Waals surface area contributed by atoms with Crippen LogP contribution in [-0.4, -0.2) is 56.3 Å². The number of unbranched alkanes of at least 4 members (excludes halogenated alkanes) is 20. The van der Waals surface area contributed by atoms with Gasteiger partial charge in [0.15, 0.2) is 6.10 Å². The Kier molecular flexibility index (Phi) is 41.0. The molecule has 9 nitrogen and oxygen atoms in total. The van der Waals surface area contributed by atoms with Crippen LogP contribution in [0.3, 0.4) is 0 Å². The molecule has 0 aromatic carbocycles. The lowest BCUT2D eigenvalue weighted by Crippen LogP contribution is -2.29. The van der Waals surface area contributed by atoms with Gasteiger partial charge in [-0.05, 0) is 58.4 Å². The van der Waals surface area contributed by atoms with Crippen LogP contribution in [0, 0.1) is 0 Å². The van der Waals surface area contributed by atoms with Gasteiger partial charge >= 0.3 is 19.8 Å². The average molecular weight is 810 g/mol. The van der Waals surface area contributed by atoms with Crippen molar-refractivity contribution in [1.29, 1.82) is 0 Å². The van der Waals surface area contributed by atoms with Crippen molar-refractivity contribution in [3.63, 3.8) is 0 Å². The van der Waals surface area contributed by atoms with Crippen molar-refractivity contribution in [1.82, 2.24) is 5.32 Å². The van der Waals surface area contributed by atoms with Gasteiger partial charge in [0.2, 0.25) is 0 Å². The van der Waals surface area contributed by atoms with Crippen molar-refractivity contribution < 1.29 is 37.6 Å². The summed E-state index contributed by atoms with van der Waals surface area (Å²) >= 11 is 0. The zero-order chi connectivity index (χ0) is 41.1. The van der Waals surface area contributed by atoms with Gasteiger partial charge in [-0.1, -0.05) is 178 Å². The first-order chi connectivity index (χ1) is 27.3. The third kappa shape index (κ3) is 41.6. The second-order valence-electron chi connectivity index (χ2n) is 14.9. The lowest BCUT2D eigenvalue weighted by Gasteiger charge is -2.20. The van der Waals surface area contributed by atoms with Crippen LogP contribution in [0.4, 0.5) is 0 Å². The van der Waals surface area contributed by atoms with Gasteiger partial charge in [0, 0.05) is 19.4 Å². The van der Waals surface area contributed by atoms with Gasteiger partial charge in [0.1, 0.15) is 6.61 Å². The molecule has 0 saturated carbocycles. The molecule has 0 aromatic rings. The third-order valence-electron chi connectivity index (χ3n) is 9.46. The Balaban J connectivity index is 4.23. The summed E-state index contributed by atoms with van der Waals surface area (Å²) < 4.78 is 33.2. The van der Waals surface area contributed by atoms with Gasteiger partial charge in [0.25, 0.3) is 0 Å². The highest BCUT2D eigenvalue weighted by Crippen LogP contribution is 2.43. The predicted molar refractivity (Wildman–Crippen MR) is 234 cm³/mol. The maximum Gasteiger partial charge on any atom is 0.472 e. The first-order valence-electron chi connectivity index (χ1n) is 22.6. The number of likely N-dealkylation sites (N-methyl/N-ethyl adjacent to an activating group) is 1. The lowest BCUT2D eigenvalue weighted by atomic mass is 10.0. The van der Waals surface area contributed by atoms with Gasteiger partial charge in [-0.3, -0.25) is 18.6 Å². The molecule has 0 aromatic heterocycles. The Morgan fingerprint density at radius 2 is 1.02 bits per heavy atom. The number of hydrogen-bond acceptors (Lipinski definition) is 8. The molecule has 0 aliphatic heterocycles. The van der Waals surface area contributed by atoms with Crippen molar-refractivity contribution in [2.24, 2.45) is 0 Å². The van der Waals surface area contributed by atoms with Crippen molar-refractivity contribution in [2.45, 2.75) is 200 Å². The Labute approximate surface area is 343 Å². The zero-order valence-corrected chi connectivity index (χ0v) is 37.0. The molecule has 2 unspecified atom stereocenters. The van der Waals surface area contributed by atoms with E-state index in [9.17, 15) is 19.0 Å². The minimum atomic E-state index is -4.36. The number of phosphoric acid groups is 1. The molecule has 0 bridgehead atoms. The van der Waals surface area contributed by atoms with Crippen molar-refractivity contribution in [2.75, 3.05) is 33.4 Å². The topological polar surface area (TPSA) is 120 Å². The molecule has 10 heteroatoms. The van der Waals surface area contributed by atoms with Crippen molar-refractivity contribution >= 4 is 19.8 Å². The van der Waals surface area contributed by atoms with E-state index in [4.69, 9.17) is 18.5 Å². The van der Waals surface area contributed by atoms with Gasteiger partial charge in [-0.15, -0.1) is 0 Å². The molecule has 326 valence electrons. The van der Waals surface area contributed by atoms with Crippen LogP contribution >= 0.6 is 7.82 Å². The number of nitrogens with one attached hydrogen (secondary N) is 1. The highest BCUT2D eigenvalue weighted by atomic mass is 31.2. The van der Waals surface area contributed by atoms with E-state index in [1.807, 2.05) is 0 Å². The maximum absolute atomic E-state index is 12.6. The average Bonchev–Trinajstić information content (AvgIpc) is 3.18. The summed E-state index contributed by atoms with van der Waals surface area (Å²) in [6.45, 7) is 4.10. The number of hydrogen-bond donors (Lipinski definition) is 2. The number of ether oxygens (including phenoxy) is 2. The summed E-state index contributed by atoms with van der Waals surface area (Å²) in [5.74, 6) is -0.830. The summed E-state index contributed by atoms with van der Waals surface area (Å²) in [4.78, 5) is 35.1. The second kappa shape index (κ2) is 42.6. The first kappa shape index (κ1) is 54.0. The number of carbonyl (C=O) groups excluding carboxylic acids is 2. The van der Waals surface area contributed by atoms with E-state index >= 15 is 0 Å². The van der Waals surface area contributed by atoms with Crippen LogP contribution in [0.2, 0.25) is 0 Å². The quantitative estimate of drug-likeness (QED) is 0.0269. The van der Waals surface area contributed by atoms with Crippen molar-refractivity contribution in [3.05, 3.63) is 48.6 Å². The molecule has 0 aliphatic carbocycles. The van der Waals surface area contributed by atoms with Crippen LogP contribution in [0.5, 0.6) is 0 Å². The minimum Gasteiger partial charge on any atom is -0.462 e. The molecule has 0 rings (SSSR count). The van der Waals surface area contributed by atoms with Gasteiger partial charge in [0.05, 0.1) is 13.2 Å². The number of esters is 2. The third-order valence-corrected chi connectivity index (χ3v) is 10.4. The molecule has 0 fully saturated rings. The number of rotatable bonds is 42. The van der Waals surface area contributed by atoms with Gasteiger partial charge in [-0.2, -0.15) is 0 Å². The van der Waals surface area contributed by atoms with Crippen LogP contribution in [0.25, 0.3) is 0 Å². The zero-order valence-electron chi connectivity index (χ0n) is 36.1. The number of phosphoric ester groups is 1. The first-order valence-corrected chi connectivity index (χ1v) is 24.1.